The first-order valence-corrected chi connectivity index (χ1v) is 8.04. The van der Waals surface area contributed by atoms with Crippen molar-refractivity contribution in [2.24, 2.45) is 11.8 Å². The number of nitrogens with one attached hydrogen (secondary N) is 1. The van der Waals surface area contributed by atoms with Gasteiger partial charge in [-0.2, -0.15) is 0 Å². The molecule has 0 aromatic heterocycles. The highest BCUT2D eigenvalue weighted by molar-refractivity contribution is 4.72. The molecule has 0 bridgehead atoms. The Balaban J connectivity index is 1.91. The fourth-order valence-corrected chi connectivity index (χ4v) is 2.76. The smallest absolute Gasteiger partial charge is 0.0577 e. The zero-order chi connectivity index (χ0) is 13.2. The van der Waals surface area contributed by atoms with Crippen molar-refractivity contribution < 1.29 is 4.74 Å². The second-order valence-electron chi connectivity index (χ2n) is 6.24. The second-order valence-corrected chi connectivity index (χ2v) is 6.24. The minimum atomic E-state index is 0.562. The molecule has 1 rings (SSSR count). The van der Waals surface area contributed by atoms with Gasteiger partial charge in [0.1, 0.15) is 0 Å². The molecule has 0 aliphatic heterocycles. The van der Waals surface area contributed by atoms with Gasteiger partial charge in [0.2, 0.25) is 0 Å². The third kappa shape index (κ3) is 7.38. The quantitative estimate of drug-likeness (QED) is 0.629. The normalized spacial score (nSPS) is 24.7. The third-order valence-corrected chi connectivity index (χ3v) is 3.97. The van der Waals surface area contributed by atoms with Crippen LogP contribution in [0.4, 0.5) is 0 Å². The summed E-state index contributed by atoms with van der Waals surface area (Å²) in [6, 6.07) is 0. The van der Waals surface area contributed by atoms with Crippen molar-refractivity contribution in [1.82, 2.24) is 5.32 Å². The van der Waals surface area contributed by atoms with Gasteiger partial charge in [-0.05, 0) is 50.6 Å². The highest BCUT2D eigenvalue weighted by atomic mass is 16.5. The van der Waals surface area contributed by atoms with Crippen molar-refractivity contribution in [3.63, 3.8) is 0 Å². The minimum Gasteiger partial charge on any atom is -0.378 e. The summed E-state index contributed by atoms with van der Waals surface area (Å²) in [5, 5.41) is 3.48. The molecule has 0 amide bonds. The lowest BCUT2D eigenvalue weighted by molar-refractivity contribution is 0.0109. The number of rotatable bonds is 9. The summed E-state index contributed by atoms with van der Waals surface area (Å²) in [7, 11) is 0. The van der Waals surface area contributed by atoms with Crippen LogP contribution in [0.3, 0.4) is 0 Å². The van der Waals surface area contributed by atoms with Gasteiger partial charge in [-0.1, -0.05) is 40.0 Å². The van der Waals surface area contributed by atoms with E-state index < -0.39 is 0 Å². The van der Waals surface area contributed by atoms with E-state index in [1.165, 1.54) is 44.9 Å². The van der Waals surface area contributed by atoms with E-state index in [1.54, 1.807) is 0 Å². The molecule has 0 heterocycles. The molecule has 0 radical (unpaired) electrons. The molecule has 0 aromatic carbocycles. The number of ether oxygens (including phenoxy) is 1. The molecular weight excluding hydrogens is 222 g/mol. The van der Waals surface area contributed by atoms with Crippen LogP contribution in [0.5, 0.6) is 0 Å². The van der Waals surface area contributed by atoms with E-state index in [-0.39, 0.29) is 0 Å². The van der Waals surface area contributed by atoms with Crippen LogP contribution in [0.15, 0.2) is 0 Å². The third-order valence-electron chi connectivity index (χ3n) is 3.97. The average Bonchev–Trinajstić information content (AvgIpc) is 2.37. The maximum Gasteiger partial charge on any atom is 0.0577 e. The van der Waals surface area contributed by atoms with E-state index in [0.717, 1.165) is 31.5 Å². The van der Waals surface area contributed by atoms with Crippen molar-refractivity contribution in [2.75, 3.05) is 19.7 Å². The molecule has 2 atom stereocenters. The molecular formula is C16H33NO. The lowest BCUT2D eigenvalue weighted by Crippen LogP contribution is -2.24. The van der Waals surface area contributed by atoms with E-state index in [0.29, 0.717) is 6.10 Å². The van der Waals surface area contributed by atoms with Gasteiger partial charge in [-0.15, -0.1) is 0 Å². The van der Waals surface area contributed by atoms with Crippen LogP contribution in [-0.2, 0) is 4.74 Å². The predicted molar refractivity (Wildman–Crippen MR) is 78.9 cm³/mol. The Bertz CT molecular complexity index is 194. The average molecular weight is 255 g/mol. The van der Waals surface area contributed by atoms with Gasteiger partial charge in [-0.25, -0.2) is 0 Å². The Hall–Kier alpha value is -0.0800. The van der Waals surface area contributed by atoms with Crippen LogP contribution in [0, 0.1) is 11.8 Å². The van der Waals surface area contributed by atoms with Gasteiger partial charge in [0.15, 0.2) is 0 Å². The van der Waals surface area contributed by atoms with Gasteiger partial charge in [-0.3, -0.25) is 0 Å². The fourth-order valence-electron chi connectivity index (χ4n) is 2.76. The maximum absolute atomic E-state index is 6.01. The Kier molecular flexibility index (Phi) is 8.70. The van der Waals surface area contributed by atoms with Gasteiger partial charge >= 0.3 is 0 Å². The lowest BCUT2D eigenvalue weighted by atomic mass is 9.85. The van der Waals surface area contributed by atoms with Crippen LogP contribution < -0.4 is 5.32 Å². The summed E-state index contributed by atoms with van der Waals surface area (Å²) in [6.45, 7) is 10.1. The number of unbranched alkanes of at least 4 members (excludes halogenated alkanes) is 1. The monoisotopic (exact) mass is 255 g/mol. The number of hydrogen-bond acceptors (Lipinski definition) is 2. The zero-order valence-corrected chi connectivity index (χ0v) is 12.7. The summed E-state index contributed by atoms with van der Waals surface area (Å²) in [6.07, 6.45) is 9.75. The Morgan fingerprint density at radius 3 is 2.78 bits per heavy atom. The van der Waals surface area contributed by atoms with Crippen molar-refractivity contribution in [3.8, 4) is 0 Å². The SMILES string of the molecule is CCC1CCCC(OCCCCNCC(C)C)C1. The Labute approximate surface area is 114 Å². The predicted octanol–water partition coefficient (Wildman–Crippen LogP) is 4.00. The molecule has 2 unspecified atom stereocenters. The Morgan fingerprint density at radius 1 is 1.22 bits per heavy atom. The standard InChI is InChI=1S/C16H33NO/c1-4-15-8-7-9-16(12-15)18-11-6-5-10-17-13-14(2)3/h14-17H,4-13H2,1-3H3. The van der Waals surface area contributed by atoms with E-state index in [4.69, 9.17) is 4.74 Å². The summed E-state index contributed by atoms with van der Waals surface area (Å²) < 4.78 is 6.01. The topological polar surface area (TPSA) is 21.3 Å². The van der Waals surface area contributed by atoms with Crippen LogP contribution >= 0.6 is 0 Å². The van der Waals surface area contributed by atoms with Crippen molar-refractivity contribution in [3.05, 3.63) is 0 Å². The molecule has 1 saturated carbocycles. The molecule has 1 N–H and O–H groups in total. The van der Waals surface area contributed by atoms with E-state index in [2.05, 4.69) is 26.1 Å². The fraction of sp³-hybridized carbons (Fsp3) is 1.00. The molecule has 2 nitrogen and oxygen atoms in total. The molecule has 1 aliphatic carbocycles. The molecule has 0 saturated heterocycles. The van der Waals surface area contributed by atoms with Crippen LogP contribution in [0.1, 0.15) is 65.7 Å². The summed E-state index contributed by atoms with van der Waals surface area (Å²) in [5.74, 6) is 1.69. The molecule has 1 aliphatic rings. The first-order chi connectivity index (χ1) is 8.72. The van der Waals surface area contributed by atoms with Crippen molar-refractivity contribution in [1.29, 1.82) is 0 Å². The minimum absolute atomic E-state index is 0.562. The van der Waals surface area contributed by atoms with Crippen molar-refractivity contribution in [2.45, 2.75) is 71.8 Å². The summed E-state index contributed by atoms with van der Waals surface area (Å²) in [5.41, 5.74) is 0. The highest BCUT2D eigenvalue weighted by Gasteiger charge is 2.20. The lowest BCUT2D eigenvalue weighted by Gasteiger charge is -2.28. The summed E-state index contributed by atoms with van der Waals surface area (Å²) in [4.78, 5) is 0. The molecule has 108 valence electrons. The van der Waals surface area contributed by atoms with Gasteiger partial charge in [0.05, 0.1) is 6.10 Å². The van der Waals surface area contributed by atoms with Gasteiger partial charge in [0, 0.05) is 6.61 Å². The maximum atomic E-state index is 6.01. The molecule has 0 spiro atoms. The largest absolute Gasteiger partial charge is 0.378 e. The van der Waals surface area contributed by atoms with E-state index in [1.807, 2.05) is 0 Å². The molecule has 0 aromatic rings. The molecule has 2 heteroatoms. The first-order valence-electron chi connectivity index (χ1n) is 8.04. The van der Waals surface area contributed by atoms with E-state index in [9.17, 15) is 0 Å². The second kappa shape index (κ2) is 9.80. The van der Waals surface area contributed by atoms with Crippen molar-refractivity contribution >= 4 is 0 Å². The van der Waals surface area contributed by atoms with Crippen LogP contribution in [0.25, 0.3) is 0 Å². The Morgan fingerprint density at radius 2 is 2.06 bits per heavy atom. The van der Waals surface area contributed by atoms with Crippen LogP contribution in [-0.4, -0.2) is 25.8 Å². The van der Waals surface area contributed by atoms with Crippen LogP contribution in [0.2, 0.25) is 0 Å². The summed E-state index contributed by atoms with van der Waals surface area (Å²) >= 11 is 0. The number of hydrogen-bond donors (Lipinski definition) is 1. The van der Waals surface area contributed by atoms with Gasteiger partial charge in [0.25, 0.3) is 0 Å². The van der Waals surface area contributed by atoms with E-state index >= 15 is 0 Å². The highest BCUT2D eigenvalue weighted by Crippen LogP contribution is 2.28. The molecule has 18 heavy (non-hydrogen) atoms. The molecule has 1 fully saturated rings. The van der Waals surface area contributed by atoms with Gasteiger partial charge < -0.3 is 10.1 Å². The first kappa shape index (κ1) is 16.0. The zero-order valence-electron chi connectivity index (χ0n) is 12.7.